The van der Waals surface area contributed by atoms with Gasteiger partial charge in [0.2, 0.25) is 11.5 Å². The minimum atomic E-state index is -0.929. The second-order valence-electron chi connectivity index (χ2n) is 15.4. The normalized spacial score (nSPS) is 20.9. The van der Waals surface area contributed by atoms with Crippen molar-refractivity contribution in [2.24, 2.45) is 5.92 Å². The van der Waals surface area contributed by atoms with Gasteiger partial charge in [0.25, 0.3) is 0 Å². The van der Waals surface area contributed by atoms with Crippen molar-refractivity contribution >= 4 is 40.1 Å². The number of ether oxygens (including phenoxy) is 2. The number of aryl methyl sites for hydroxylation is 1. The van der Waals surface area contributed by atoms with Crippen LogP contribution in [0.15, 0.2) is 65.5 Å². The zero-order valence-electron chi connectivity index (χ0n) is 31.4. The molecule has 4 heterocycles. The van der Waals surface area contributed by atoms with Gasteiger partial charge in [-0.05, 0) is 92.4 Å². The molecule has 2 atom stereocenters. The van der Waals surface area contributed by atoms with E-state index in [2.05, 4.69) is 38.7 Å². The summed E-state index contributed by atoms with van der Waals surface area (Å²) in [6, 6.07) is 17.7. The summed E-state index contributed by atoms with van der Waals surface area (Å²) < 4.78 is 12.0. The molecule has 0 unspecified atom stereocenters. The average molecular weight is 771 g/mol. The van der Waals surface area contributed by atoms with E-state index < -0.39 is 11.5 Å². The first-order valence-electron chi connectivity index (χ1n) is 19.6. The quantitative estimate of drug-likeness (QED) is 0.0903. The molecule has 4 aliphatic rings. The minimum Gasteiger partial charge on any atom is -0.506 e. The Morgan fingerprint density at radius 3 is 2.60 bits per heavy atom. The molecule has 1 aliphatic carbocycles. The summed E-state index contributed by atoms with van der Waals surface area (Å²) in [5, 5.41) is 28.2. The topological polar surface area (TPSA) is 153 Å². The van der Waals surface area contributed by atoms with Crippen LogP contribution >= 0.6 is 11.6 Å². The van der Waals surface area contributed by atoms with Crippen molar-refractivity contribution in [3.8, 4) is 11.5 Å². The fraction of sp³-hybridized carbons (Fsp3) is 0.465. The van der Waals surface area contributed by atoms with Crippen LogP contribution in [0.2, 0.25) is 5.02 Å². The van der Waals surface area contributed by atoms with Gasteiger partial charge in [-0.2, -0.15) is 0 Å². The van der Waals surface area contributed by atoms with Crippen molar-refractivity contribution in [1.29, 1.82) is 0 Å². The van der Waals surface area contributed by atoms with Crippen LogP contribution in [-0.2, 0) is 32.7 Å². The number of nitrogens with zero attached hydrogens (tertiary/aromatic N) is 1. The SMILES string of the molecule is COc1cc(NC(=O)CCCc2cccc(C3(C(=O)O[C@H]4CN5CCC4CC5)CCCCC3)c2)c(Cl)cc1CNC[C@H](O)c1ccc(O)c2[nH]c(=O)ccc12. The van der Waals surface area contributed by atoms with Crippen LogP contribution in [0.1, 0.15) is 86.1 Å². The predicted molar refractivity (Wildman–Crippen MR) is 213 cm³/mol. The number of anilines is 1. The van der Waals surface area contributed by atoms with Crippen LogP contribution in [-0.4, -0.2) is 71.4 Å². The third-order valence-electron chi connectivity index (χ3n) is 11.9. The molecule has 3 saturated heterocycles. The molecule has 3 aromatic carbocycles. The summed E-state index contributed by atoms with van der Waals surface area (Å²) in [6.07, 6.45) is 7.65. The Labute approximate surface area is 326 Å². The largest absolute Gasteiger partial charge is 0.506 e. The second-order valence-corrected chi connectivity index (χ2v) is 15.8. The number of hydrogen-bond donors (Lipinski definition) is 5. The van der Waals surface area contributed by atoms with Crippen LogP contribution in [0.3, 0.4) is 0 Å². The number of pyridine rings is 1. The molecule has 11 nitrogen and oxygen atoms in total. The van der Waals surface area contributed by atoms with Crippen molar-refractivity contribution in [3.05, 3.63) is 98.3 Å². The molecule has 1 aromatic heterocycles. The summed E-state index contributed by atoms with van der Waals surface area (Å²) in [7, 11) is 1.54. The van der Waals surface area contributed by atoms with Crippen molar-refractivity contribution in [3.63, 3.8) is 0 Å². The smallest absolute Gasteiger partial charge is 0.316 e. The standard InChI is InChI=1S/C43H51ClN4O7/c1-54-37-23-34(33(44)22-29(37)24-45-25-36(50)31-11-13-35(49)41-32(31)12-14-40(52)47-41)46-39(51)10-6-8-27-7-5-9-30(21-27)43(17-3-2-4-18-43)42(53)55-38-26-48-19-15-28(38)16-20-48/h5,7,9,11-14,21-23,28,36,38,45,49-50H,2-4,6,8,10,15-20,24-26H2,1H3,(H,46,51)(H,47,52)/t36-,38-/m0/s1. The van der Waals surface area contributed by atoms with E-state index in [4.69, 9.17) is 21.1 Å². The summed E-state index contributed by atoms with van der Waals surface area (Å²) in [4.78, 5) is 43.9. The van der Waals surface area contributed by atoms with Crippen LogP contribution in [0, 0.1) is 5.92 Å². The lowest BCUT2D eigenvalue weighted by atomic mass is 9.69. The summed E-state index contributed by atoms with van der Waals surface area (Å²) >= 11 is 6.63. The maximum absolute atomic E-state index is 14.0. The van der Waals surface area contributed by atoms with Crippen molar-refractivity contribution in [1.82, 2.24) is 15.2 Å². The second kappa shape index (κ2) is 17.2. The third-order valence-corrected chi connectivity index (χ3v) is 12.2. The molecule has 5 N–H and O–H groups in total. The molecule has 8 rings (SSSR count). The van der Waals surface area contributed by atoms with E-state index in [1.165, 1.54) is 12.1 Å². The molecular weight excluding hydrogens is 720 g/mol. The van der Waals surface area contributed by atoms with E-state index in [1.54, 1.807) is 31.4 Å². The number of aromatic hydroxyl groups is 1. The number of nitrogens with one attached hydrogen (secondary N) is 3. The molecule has 1 amide bonds. The predicted octanol–water partition coefficient (Wildman–Crippen LogP) is 6.52. The van der Waals surface area contributed by atoms with Crippen LogP contribution in [0.4, 0.5) is 5.69 Å². The van der Waals surface area contributed by atoms with Gasteiger partial charge < -0.3 is 35.3 Å². The molecule has 0 spiro atoms. The molecular formula is C43H51ClN4O7. The lowest BCUT2D eigenvalue weighted by Crippen LogP contribution is -2.53. The number of carbonyl (C=O) groups is 2. The number of phenolic OH excluding ortho intramolecular Hbond substituents is 1. The number of aromatic amines is 1. The lowest BCUT2D eigenvalue weighted by Gasteiger charge is -2.45. The number of fused-ring (bicyclic) bond motifs is 4. The number of aromatic nitrogens is 1. The highest BCUT2D eigenvalue weighted by molar-refractivity contribution is 6.33. The molecule has 55 heavy (non-hydrogen) atoms. The Morgan fingerprint density at radius 2 is 1.85 bits per heavy atom. The fourth-order valence-electron chi connectivity index (χ4n) is 8.77. The van der Waals surface area contributed by atoms with Gasteiger partial charge >= 0.3 is 5.97 Å². The van der Waals surface area contributed by atoms with Crippen LogP contribution < -0.4 is 20.9 Å². The molecule has 2 bridgehead atoms. The third kappa shape index (κ3) is 8.70. The Morgan fingerprint density at radius 1 is 1.05 bits per heavy atom. The van der Waals surface area contributed by atoms with E-state index in [9.17, 15) is 24.6 Å². The first-order valence-corrected chi connectivity index (χ1v) is 19.9. The number of methoxy groups -OCH3 is 1. The van der Waals surface area contributed by atoms with Crippen LogP contribution in [0.25, 0.3) is 10.9 Å². The van der Waals surface area contributed by atoms with E-state index in [1.807, 2.05) is 6.07 Å². The Kier molecular flexibility index (Phi) is 12.1. The number of halogens is 1. The molecule has 292 valence electrons. The number of piperidine rings is 3. The highest BCUT2D eigenvalue weighted by atomic mass is 35.5. The average Bonchev–Trinajstić information content (AvgIpc) is 3.20. The number of amides is 1. The zero-order valence-corrected chi connectivity index (χ0v) is 32.1. The van der Waals surface area contributed by atoms with E-state index >= 15 is 0 Å². The number of aliphatic hydroxyl groups is 1. The zero-order chi connectivity index (χ0) is 38.5. The van der Waals surface area contributed by atoms with Crippen LogP contribution in [0.5, 0.6) is 11.5 Å². The number of hydrogen-bond acceptors (Lipinski definition) is 9. The number of rotatable bonds is 14. The Hall–Kier alpha value is -4.42. The van der Waals surface area contributed by atoms with Gasteiger partial charge in [-0.3, -0.25) is 19.3 Å². The van der Waals surface area contributed by atoms with Gasteiger partial charge in [0, 0.05) is 49.1 Å². The van der Waals surface area contributed by atoms with E-state index in [-0.39, 0.29) is 47.8 Å². The number of esters is 1. The number of phenols is 1. The van der Waals surface area contributed by atoms with Crippen molar-refractivity contribution in [2.75, 3.05) is 38.6 Å². The maximum Gasteiger partial charge on any atom is 0.316 e. The summed E-state index contributed by atoms with van der Waals surface area (Å²) in [5.41, 5.74) is 3.18. The fourth-order valence-corrected chi connectivity index (χ4v) is 9.01. The van der Waals surface area contributed by atoms with Gasteiger partial charge in [0.15, 0.2) is 0 Å². The maximum atomic E-state index is 14.0. The van der Waals surface area contributed by atoms with E-state index in [0.717, 1.165) is 81.3 Å². The lowest BCUT2D eigenvalue weighted by molar-refractivity contribution is -0.167. The van der Waals surface area contributed by atoms with Gasteiger partial charge in [-0.15, -0.1) is 0 Å². The van der Waals surface area contributed by atoms with E-state index in [0.29, 0.717) is 52.7 Å². The number of aliphatic hydroxyl groups excluding tert-OH is 1. The number of H-pyrrole nitrogens is 1. The molecule has 0 radical (unpaired) electrons. The number of carbonyl (C=O) groups excluding carboxylic acids is 2. The number of benzene rings is 3. The molecule has 1 saturated carbocycles. The van der Waals surface area contributed by atoms with Gasteiger partial charge in [-0.1, -0.05) is 61.2 Å². The summed E-state index contributed by atoms with van der Waals surface area (Å²) in [5.74, 6) is 0.697. The Bertz CT molecular complexity index is 2070. The highest BCUT2D eigenvalue weighted by Crippen LogP contribution is 2.42. The van der Waals surface area contributed by atoms with Crippen molar-refractivity contribution < 1.29 is 29.3 Å². The Balaban J connectivity index is 0.929. The van der Waals surface area contributed by atoms with Gasteiger partial charge in [-0.25, -0.2) is 0 Å². The first-order chi connectivity index (χ1) is 26.6. The summed E-state index contributed by atoms with van der Waals surface area (Å²) in [6.45, 7) is 3.56. The molecule has 3 aliphatic heterocycles. The molecule has 12 heteroatoms. The van der Waals surface area contributed by atoms with Gasteiger partial charge in [0.05, 0.1) is 34.9 Å². The minimum absolute atomic E-state index is 0.00894. The highest BCUT2D eigenvalue weighted by Gasteiger charge is 2.46. The van der Waals surface area contributed by atoms with Gasteiger partial charge in [0.1, 0.15) is 17.6 Å². The molecule has 4 fully saturated rings. The first kappa shape index (κ1) is 38.8. The monoisotopic (exact) mass is 770 g/mol. The van der Waals surface area contributed by atoms with Crippen molar-refractivity contribution in [2.45, 2.75) is 88.4 Å². The molecule has 4 aromatic rings.